The molecule has 0 saturated carbocycles. The van der Waals surface area contributed by atoms with Gasteiger partial charge in [-0.1, -0.05) is 11.6 Å². The maximum absolute atomic E-state index is 6.37. The minimum Gasteiger partial charge on any atom is -0.369 e. The van der Waals surface area contributed by atoms with Gasteiger partial charge in [-0.25, -0.2) is 15.0 Å². The number of pyridine rings is 1. The van der Waals surface area contributed by atoms with Crippen LogP contribution in [0.15, 0.2) is 55.0 Å². The van der Waals surface area contributed by atoms with Gasteiger partial charge in [-0.15, -0.1) is 0 Å². The normalized spacial score (nSPS) is 14.2. The van der Waals surface area contributed by atoms with Gasteiger partial charge in [0.2, 0.25) is 5.95 Å². The van der Waals surface area contributed by atoms with E-state index in [0.29, 0.717) is 11.1 Å². The van der Waals surface area contributed by atoms with Crippen LogP contribution in [-0.2, 0) is 6.54 Å². The van der Waals surface area contributed by atoms with Crippen molar-refractivity contribution in [2.24, 2.45) is 0 Å². The van der Waals surface area contributed by atoms with Gasteiger partial charge in [0.05, 0.1) is 11.2 Å². The molecular weight excluding hydrogens is 410 g/mol. The zero-order valence-electron chi connectivity index (χ0n) is 17.3. The largest absolute Gasteiger partial charge is 0.369 e. The maximum atomic E-state index is 6.37. The molecule has 7 nitrogen and oxygen atoms in total. The fourth-order valence-electron chi connectivity index (χ4n) is 4.04. The summed E-state index contributed by atoms with van der Waals surface area (Å²) < 4.78 is 2.10. The van der Waals surface area contributed by atoms with E-state index in [-0.39, 0.29) is 0 Å². The van der Waals surface area contributed by atoms with E-state index < -0.39 is 0 Å². The lowest BCUT2D eigenvalue weighted by atomic mass is 10.1. The summed E-state index contributed by atoms with van der Waals surface area (Å²) in [5.41, 5.74) is 4.98. The number of aryl methyl sites for hydroxylation is 1. The molecule has 158 valence electrons. The molecule has 8 heteroatoms. The van der Waals surface area contributed by atoms with Gasteiger partial charge in [0.1, 0.15) is 0 Å². The van der Waals surface area contributed by atoms with Crippen molar-refractivity contribution in [2.75, 3.05) is 36.4 Å². The van der Waals surface area contributed by atoms with Gasteiger partial charge < -0.3 is 20.1 Å². The Morgan fingerprint density at radius 1 is 1.03 bits per heavy atom. The summed E-state index contributed by atoms with van der Waals surface area (Å²) >= 11 is 6.37. The number of benzene rings is 1. The Balaban J connectivity index is 1.41. The molecule has 5 rings (SSSR count). The summed E-state index contributed by atoms with van der Waals surface area (Å²) in [5, 5.41) is 8.25. The summed E-state index contributed by atoms with van der Waals surface area (Å²) in [6, 6.07) is 12.3. The van der Waals surface area contributed by atoms with Crippen LogP contribution in [0.4, 0.5) is 17.3 Å². The zero-order valence-corrected chi connectivity index (χ0v) is 18.1. The summed E-state index contributed by atoms with van der Waals surface area (Å²) in [7, 11) is 0. The summed E-state index contributed by atoms with van der Waals surface area (Å²) in [4.78, 5) is 15.8. The number of hydrogen-bond acceptors (Lipinski definition) is 6. The highest BCUT2D eigenvalue weighted by Crippen LogP contribution is 2.33. The highest BCUT2D eigenvalue weighted by Gasteiger charge is 2.15. The number of piperazine rings is 1. The zero-order chi connectivity index (χ0) is 21.2. The van der Waals surface area contributed by atoms with E-state index in [1.807, 2.05) is 12.1 Å². The van der Waals surface area contributed by atoms with Gasteiger partial charge >= 0.3 is 0 Å². The van der Waals surface area contributed by atoms with Crippen molar-refractivity contribution >= 4 is 39.8 Å². The molecule has 0 atom stereocenters. The molecule has 0 amide bonds. The van der Waals surface area contributed by atoms with Crippen LogP contribution in [0, 0.1) is 0 Å². The Hall–Kier alpha value is -3.16. The highest BCUT2D eigenvalue weighted by atomic mass is 35.5. The lowest BCUT2D eigenvalue weighted by Crippen LogP contribution is -2.43. The average molecular weight is 434 g/mol. The van der Waals surface area contributed by atoms with Crippen molar-refractivity contribution in [3.05, 3.63) is 60.1 Å². The van der Waals surface area contributed by atoms with E-state index in [4.69, 9.17) is 16.6 Å². The van der Waals surface area contributed by atoms with Crippen molar-refractivity contribution in [3.8, 4) is 11.3 Å². The Morgan fingerprint density at radius 3 is 2.58 bits per heavy atom. The minimum absolute atomic E-state index is 0.502. The summed E-state index contributed by atoms with van der Waals surface area (Å²) in [6.07, 6.45) is 5.58. The molecule has 31 heavy (non-hydrogen) atoms. The SMILES string of the molecule is CCn1cc(-c2ccnc(Nc3ccc(N4CCNCC4)cc3)n2)c2ccnc(Cl)c21. The van der Waals surface area contributed by atoms with Gasteiger partial charge in [-0.05, 0) is 43.3 Å². The fraction of sp³-hybridized carbons (Fsp3) is 0.261. The van der Waals surface area contributed by atoms with Crippen molar-refractivity contribution in [1.82, 2.24) is 24.8 Å². The average Bonchev–Trinajstić information content (AvgIpc) is 3.21. The standard InChI is InChI=1S/C23H24ClN7/c1-2-30-15-19(18-7-9-26-22(24)21(18)30)20-8-10-27-23(29-20)28-16-3-5-17(6-4-16)31-13-11-25-12-14-31/h3-10,15,25H,2,11-14H2,1H3,(H,27,28,29). The van der Waals surface area contributed by atoms with Crippen LogP contribution in [0.1, 0.15) is 6.92 Å². The number of aromatic nitrogens is 4. The number of anilines is 3. The van der Waals surface area contributed by atoms with E-state index in [0.717, 1.165) is 60.6 Å². The van der Waals surface area contributed by atoms with Crippen LogP contribution in [-0.4, -0.2) is 45.7 Å². The first kappa shape index (κ1) is 19.8. The molecule has 3 aromatic heterocycles. The van der Waals surface area contributed by atoms with E-state index in [9.17, 15) is 0 Å². The van der Waals surface area contributed by atoms with Crippen molar-refractivity contribution in [1.29, 1.82) is 0 Å². The Kier molecular flexibility index (Phi) is 5.44. The topological polar surface area (TPSA) is 70.9 Å². The smallest absolute Gasteiger partial charge is 0.227 e. The van der Waals surface area contributed by atoms with Crippen LogP contribution in [0.25, 0.3) is 22.2 Å². The van der Waals surface area contributed by atoms with E-state index in [1.54, 1.807) is 12.4 Å². The Bertz CT molecular complexity index is 1200. The lowest BCUT2D eigenvalue weighted by molar-refractivity contribution is 0.589. The molecule has 1 saturated heterocycles. The molecular formula is C23H24ClN7. The van der Waals surface area contributed by atoms with E-state index in [2.05, 4.69) is 67.5 Å². The second-order valence-corrected chi connectivity index (χ2v) is 7.86. The minimum atomic E-state index is 0.502. The number of hydrogen-bond donors (Lipinski definition) is 2. The van der Waals surface area contributed by atoms with Crippen LogP contribution < -0.4 is 15.5 Å². The molecule has 1 aliphatic rings. The van der Waals surface area contributed by atoms with Crippen LogP contribution in [0.2, 0.25) is 5.15 Å². The first-order chi connectivity index (χ1) is 15.2. The third kappa shape index (κ3) is 3.94. The highest BCUT2D eigenvalue weighted by molar-refractivity contribution is 6.34. The predicted octanol–water partition coefficient (Wildman–Crippen LogP) is 4.32. The van der Waals surface area contributed by atoms with E-state index >= 15 is 0 Å². The fourth-order valence-corrected chi connectivity index (χ4v) is 4.31. The molecule has 0 radical (unpaired) electrons. The second kappa shape index (κ2) is 8.53. The molecule has 2 N–H and O–H groups in total. The maximum Gasteiger partial charge on any atom is 0.227 e. The third-order valence-corrected chi connectivity index (χ3v) is 5.90. The first-order valence-corrected chi connectivity index (χ1v) is 10.9. The molecule has 1 fully saturated rings. The molecule has 1 aliphatic heterocycles. The number of fused-ring (bicyclic) bond motifs is 1. The van der Waals surface area contributed by atoms with Gasteiger partial charge in [0, 0.05) is 73.6 Å². The molecule has 0 bridgehead atoms. The summed E-state index contributed by atoms with van der Waals surface area (Å²) in [5.74, 6) is 0.560. The first-order valence-electron chi connectivity index (χ1n) is 10.5. The van der Waals surface area contributed by atoms with Gasteiger partial charge in [0.25, 0.3) is 0 Å². The van der Waals surface area contributed by atoms with Crippen LogP contribution >= 0.6 is 11.6 Å². The third-order valence-electron chi connectivity index (χ3n) is 5.62. The monoisotopic (exact) mass is 433 g/mol. The molecule has 4 heterocycles. The van der Waals surface area contributed by atoms with Gasteiger partial charge in [-0.3, -0.25) is 0 Å². The molecule has 4 aromatic rings. The number of halogens is 1. The van der Waals surface area contributed by atoms with Crippen LogP contribution in [0.3, 0.4) is 0 Å². The summed E-state index contributed by atoms with van der Waals surface area (Å²) in [6.45, 7) is 7.00. The lowest BCUT2D eigenvalue weighted by Gasteiger charge is -2.29. The van der Waals surface area contributed by atoms with Crippen molar-refractivity contribution in [2.45, 2.75) is 13.5 Å². The molecule has 0 aliphatic carbocycles. The number of rotatable bonds is 5. The van der Waals surface area contributed by atoms with E-state index in [1.165, 1.54) is 5.69 Å². The quantitative estimate of drug-likeness (QED) is 0.457. The van der Waals surface area contributed by atoms with Crippen molar-refractivity contribution < 1.29 is 0 Å². The molecule has 0 unspecified atom stereocenters. The Labute approximate surface area is 186 Å². The van der Waals surface area contributed by atoms with Gasteiger partial charge in [-0.2, -0.15) is 0 Å². The second-order valence-electron chi connectivity index (χ2n) is 7.50. The predicted molar refractivity (Wildman–Crippen MR) is 126 cm³/mol. The number of nitrogens with zero attached hydrogens (tertiary/aromatic N) is 5. The van der Waals surface area contributed by atoms with Crippen LogP contribution in [0.5, 0.6) is 0 Å². The molecule has 0 spiro atoms. The number of nitrogens with one attached hydrogen (secondary N) is 2. The molecule has 1 aromatic carbocycles. The Morgan fingerprint density at radius 2 is 1.81 bits per heavy atom. The van der Waals surface area contributed by atoms with Gasteiger partial charge in [0.15, 0.2) is 5.15 Å². The van der Waals surface area contributed by atoms with Crippen molar-refractivity contribution in [3.63, 3.8) is 0 Å².